The fourth-order valence-corrected chi connectivity index (χ4v) is 5.01. The van der Waals surface area contributed by atoms with Gasteiger partial charge in [-0.25, -0.2) is 0 Å². The Labute approximate surface area is 196 Å². The first-order valence-corrected chi connectivity index (χ1v) is 12.5. The number of aromatic nitrogens is 2. The average Bonchev–Trinajstić information content (AvgIpc) is 3.63. The first kappa shape index (κ1) is 23.7. The maximum Gasteiger partial charge on any atom is 0.272 e. The molecule has 3 amide bonds. The van der Waals surface area contributed by atoms with Crippen molar-refractivity contribution in [1.82, 2.24) is 30.2 Å². The summed E-state index contributed by atoms with van der Waals surface area (Å²) in [5.74, 6) is 0.503. The summed E-state index contributed by atoms with van der Waals surface area (Å²) in [7, 11) is 3.57. The van der Waals surface area contributed by atoms with E-state index >= 15 is 0 Å². The minimum absolute atomic E-state index is 0.0118. The minimum Gasteiger partial charge on any atom is -0.343 e. The number of nitrogens with zero attached hydrogens (tertiary/aromatic N) is 4. The lowest BCUT2D eigenvalue weighted by Gasteiger charge is -2.39. The largest absolute Gasteiger partial charge is 0.343 e. The number of carbonyl (C=O) groups excluding carboxylic acids is 3. The van der Waals surface area contributed by atoms with Crippen molar-refractivity contribution in [3.63, 3.8) is 0 Å². The molecule has 0 spiro atoms. The molecule has 2 aliphatic carbocycles. The van der Waals surface area contributed by atoms with Gasteiger partial charge >= 0.3 is 0 Å². The number of hydrogen-bond acceptors (Lipinski definition) is 5. The summed E-state index contributed by atoms with van der Waals surface area (Å²) in [5.41, 5.74) is 1.63. The number of nitrogens with one attached hydrogen (secondary N) is 2. The summed E-state index contributed by atoms with van der Waals surface area (Å²) in [5, 5.41) is 10.5. The Morgan fingerprint density at radius 2 is 1.64 bits per heavy atom. The van der Waals surface area contributed by atoms with Crippen LogP contribution in [-0.2, 0) is 16.6 Å². The van der Waals surface area contributed by atoms with Crippen LogP contribution < -0.4 is 10.6 Å². The fraction of sp³-hybridized carbons (Fsp3) is 0.750. The molecule has 1 aliphatic heterocycles. The van der Waals surface area contributed by atoms with E-state index in [1.807, 2.05) is 22.9 Å². The van der Waals surface area contributed by atoms with Crippen LogP contribution >= 0.6 is 0 Å². The lowest BCUT2D eigenvalue weighted by molar-refractivity contribution is -0.140. The predicted molar refractivity (Wildman–Crippen MR) is 125 cm³/mol. The molecule has 9 heteroatoms. The van der Waals surface area contributed by atoms with Gasteiger partial charge in [-0.3, -0.25) is 19.1 Å². The van der Waals surface area contributed by atoms with Crippen molar-refractivity contribution < 1.29 is 14.4 Å². The van der Waals surface area contributed by atoms with E-state index in [1.54, 1.807) is 18.7 Å². The quantitative estimate of drug-likeness (QED) is 0.641. The van der Waals surface area contributed by atoms with Crippen molar-refractivity contribution in [1.29, 1.82) is 0 Å². The molecule has 3 fully saturated rings. The summed E-state index contributed by atoms with van der Waals surface area (Å²) in [6.07, 6.45) is 7.62. The Morgan fingerprint density at radius 3 is 2.24 bits per heavy atom. The Kier molecular flexibility index (Phi) is 7.36. The zero-order chi connectivity index (χ0) is 23.5. The van der Waals surface area contributed by atoms with Crippen LogP contribution in [0.15, 0.2) is 6.07 Å². The van der Waals surface area contributed by atoms with Crippen molar-refractivity contribution in [3.05, 3.63) is 17.5 Å². The number of carbonyl (C=O) groups is 3. The minimum atomic E-state index is -0.492. The summed E-state index contributed by atoms with van der Waals surface area (Å²) in [4.78, 5) is 42.8. The van der Waals surface area contributed by atoms with Crippen LogP contribution in [0, 0.1) is 5.92 Å². The number of hydrogen-bond donors (Lipinski definition) is 2. The second-order valence-electron chi connectivity index (χ2n) is 9.86. The van der Waals surface area contributed by atoms with Crippen LogP contribution in [0.4, 0.5) is 0 Å². The van der Waals surface area contributed by atoms with Crippen molar-refractivity contribution >= 4 is 17.7 Å². The van der Waals surface area contributed by atoms with E-state index in [1.165, 1.54) is 6.42 Å². The molecule has 182 valence electrons. The van der Waals surface area contributed by atoms with Crippen LogP contribution in [0.2, 0.25) is 0 Å². The van der Waals surface area contributed by atoms with Gasteiger partial charge < -0.3 is 20.4 Å². The van der Waals surface area contributed by atoms with Crippen molar-refractivity contribution in [2.75, 3.05) is 33.2 Å². The molecular weight excluding hydrogens is 420 g/mol. The topological polar surface area (TPSA) is 99.6 Å². The third-order valence-electron chi connectivity index (χ3n) is 7.50. The molecule has 0 unspecified atom stereocenters. The number of piperazine rings is 1. The summed E-state index contributed by atoms with van der Waals surface area (Å²) < 4.78 is 1.69. The molecule has 33 heavy (non-hydrogen) atoms. The highest BCUT2D eigenvalue weighted by molar-refractivity contribution is 5.93. The molecule has 2 atom stereocenters. The molecule has 0 radical (unpaired) electrons. The smallest absolute Gasteiger partial charge is 0.272 e. The monoisotopic (exact) mass is 458 g/mol. The van der Waals surface area contributed by atoms with Gasteiger partial charge in [0.1, 0.15) is 11.7 Å². The second-order valence-corrected chi connectivity index (χ2v) is 9.86. The van der Waals surface area contributed by atoms with Crippen molar-refractivity contribution in [2.24, 2.45) is 13.0 Å². The molecule has 3 aliphatic rings. The van der Waals surface area contributed by atoms with Gasteiger partial charge in [-0.1, -0.05) is 19.3 Å². The highest BCUT2D eigenvalue weighted by Gasteiger charge is 2.36. The highest BCUT2D eigenvalue weighted by atomic mass is 16.2. The van der Waals surface area contributed by atoms with Crippen molar-refractivity contribution in [3.8, 4) is 0 Å². The zero-order valence-corrected chi connectivity index (χ0v) is 20.2. The first-order chi connectivity index (χ1) is 15.9. The first-order valence-electron chi connectivity index (χ1n) is 12.5. The van der Waals surface area contributed by atoms with Crippen LogP contribution in [0.3, 0.4) is 0 Å². The van der Waals surface area contributed by atoms with E-state index in [-0.39, 0.29) is 29.7 Å². The normalized spacial score (nSPS) is 21.5. The van der Waals surface area contributed by atoms with Gasteiger partial charge in [-0.05, 0) is 51.6 Å². The second kappa shape index (κ2) is 10.2. The third-order valence-corrected chi connectivity index (χ3v) is 7.50. The predicted octanol–water partition coefficient (Wildman–Crippen LogP) is 1.25. The molecule has 9 nitrogen and oxygen atoms in total. The van der Waals surface area contributed by atoms with Crippen LogP contribution in [0.5, 0.6) is 0 Å². The number of rotatable bonds is 7. The van der Waals surface area contributed by atoms with E-state index < -0.39 is 6.04 Å². The molecule has 0 aromatic carbocycles. The van der Waals surface area contributed by atoms with Gasteiger partial charge in [0.2, 0.25) is 11.8 Å². The molecule has 1 aromatic heterocycles. The Hall–Kier alpha value is -2.42. The summed E-state index contributed by atoms with van der Waals surface area (Å²) >= 11 is 0. The van der Waals surface area contributed by atoms with Gasteiger partial charge in [-0.15, -0.1) is 0 Å². The summed E-state index contributed by atoms with van der Waals surface area (Å²) in [6.45, 7) is 3.76. The van der Waals surface area contributed by atoms with Crippen molar-refractivity contribution in [2.45, 2.75) is 69.9 Å². The lowest BCUT2D eigenvalue weighted by Crippen LogP contribution is -2.59. The average molecular weight is 459 g/mol. The molecule has 0 bridgehead atoms. The Morgan fingerprint density at radius 1 is 1.00 bits per heavy atom. The molecule has 2 saturated carbocycles. The highest BCUT2D eigenvalue weighted by Crippen LogP contribution is 2.39. The van der Waals surface area contributed by atoms with Gasteiger partial charge in [0, 0.05) is 39.1 Å². The van der Waals surface area contributed by atoms with E-state index in [4.69, 9.17) is 0 Å². The number of amides is 3. The Bertz CT molecular complexity index is 866. The van der Waals surface area contributed by atoms with Gasteiger partial charge in [0.15, 0.2) is 0 Å². The van der Waals surface area contributed by atoms with Gasteiger partial charge in [0.25, 0.3) is 5.91 Å². The molecule has 2 heterocycles. The molecule has 4 rings (SSSR count). The molecule has 2 N–H and O–H groups in total. The van der Waals surface area contributed by atoms with Gasteiger partial charge in [-0.2, -0.15) is 5.10 Å². The molecule has 1 saturated heterocycles. The van der Waals surface area contributed by atoms with Gasteiger partial charge in [0.05, 0.1) is 11.7 Å². The maximum atomic E-state index is 13.5. The number of likely N-dealkylation sites (N-methyl/N-ethyl adjacent to an activating group) is 1. The van der Waals surface area contributed by atoms with E-state index in [0.717, 1.165) is 44.2 Å². The standard InChI is InChI=1S/C24H38N6O3/c1-16(25-2)22(31)26-21(18-7-5-4-6-8-18)24(33)30-13-11-29(12-14-30)23(32)20-15-19(17-9-10-17)27-28(20)3/h15-18,21,25H,4-14H2,1-3H3,(H,26,31)/t16-,21-/m0/s1. The van der Waals surface area contributed by atoms with E-state index in [0.29, 0.717) is 37.8 Å². The SMILES string of the molecule is CN[C@@H](C)C(=O)N[C@H](C(=O)N1CCN(C(=O)c2cc(C3CC3)nn2C)CC1)C1CCCCC1. The van der Waals surface area contributed by atoms with Crippen LogP contribution in [0.1, 0.15) is 74.0 Å². The van der Waals surface area contributed by atoms with Crippen LogP contribution in [-0.4, -0.2) is 82.6 Å². The zero-order valence-electron chi connectivity index (χ0n) is 20.2. The Balaban J connectivity index is 1.38. The molecule has 1 aromatic rings. The fourth-order valence-electron chi connectivity index (χ4n) is 5.01. The number of aryl methyl sites for hydroxylation is 1. The summed E-state index contributed by atoms with van der Waals surface area (Å²) in [6, 6.07) is 1.08. The third kappa shape index (κ3) is 5.39. The van der Waals surface area contributed by atoms with Crippen LogP contribution in [0.25, 0.3) is 0 Å². The maximum absolute atomic E-state index is 13.5. The lowest BCUT2D eigenvalue weighted by atomic mass is 9.83. The molecular formula is C24H38N6O3. The van der Waals surface area contributed by atoms with E-state index in [2.05, 4.69) is 15.7 Å². The van der Waals surface area contributed by atoms with E-state index in [9.17, 15) is 14.4 Å².